The molecule has 1 aromatic carbocycles. The van der Waals surface area contributed by atoms with Crippen LogP contribution in [0.3, 0.4) is 0 Å². The lowest BCUT2D eigenvalue weighted by molar-refractivity contribution is -0.118. The van der Waals surface area contributed by atoms with Crippen molar-refractivity contribution in [1.29, 1.82) is 0 Å². The molecule has 0 saturated heterocycles. The molecule has 10 heteroatoms. The van der Waals surface area contributed by atoms with E-state index in [0.717, 1.165) is 5.56 Å². The van der Waals surface area contributed by atoms with Crippen LogP contribution in [-0.4, -0.2) is 48.0 Å². The maximum atomic E-state index is 12.2. The normalized spacial score (nSPS) is 10.7. The number of aryl methyl sites for hydroxylation is 1. The molecule has 3 rings (SSSR count). The zero-order valence-electron chi connectivity index (χ0n) is 14.1. The minimum atomic E-state index is -0.160. The third kappa shape index (κ3) is 4.54. The maximum Gasteiger partial charge on any atom is 0.253 e. The summed E-state index contributed by atoms with van der Waals surface area (Å²) in [7, 11) is 1.71. The van der Waals surface area contributed by atoms with Crippen LogP contribution in [0.4, 0.5) is 0 Å². The number of thioether (sulfide) groups is 1. The monoisotopic (exact) mass is 371 g/mol. The highest BCUT2D eigenvalue weighted by molar-refractivity contribution is 7.99. The second-order valence-corrected chi connectivity index (χ2v) is 6.34. The molecule has 26 heavy (non-hydrogen) atoms. The van der Waals surface area contributed by atoms with Gasteiger partial charge in [0.1, 0.15) is 0 Å². The molecule has 0 bridgehead atoms. The molecule has 0 atom stereocenters. The molecule has 1 N–H and O–H groups in total. The van der Waals surface area contributed by atoms with Gasteiger partial charge in [-0.2, -0.15) is 0 Å². The molecule has 3 aromatic rings. The topological polar surface area (TPSA) is 108 Å². The number of hydrogen-bond acceptors (Lipinski definition) is 7. The first-order valence-corrected chi connectivity index (χ1v) is 8.86. The van der Waals surface area contributed by atoms with Gasteiger partial charge in [-0.3, -0.25) is 14.2 Å². The summed E-state index contributed by atoms with van der Waals surface area (Å²) in [6.07, 6.45) is 1.50. The average Bonchev–Trinajstić information content (AvgIpc) is 3.07. The lowest BCUT2D eigenvalue weighted by Crippen LogP contribution is -2.31. The van der Waals surface area contributed by atoms with E-state index in [1.54, 1.807) is 7.05 Å². The molecule has 134 valence electrons. The number of benzene rings is 1. The Balaban J connectivity index is 1.49. The Morgan fingerprint density at radius 3 is 2.77 bits per heavy atom. The number of carbonyl (C=O) groups is 1. The highest BCUT2D eigenvalue weighted by Crippen LogP contribution is 2.13. The summed E-state index contributed by atoms with van der Waals surface area (Å²) < 4.78 is 2.96. The van der Waals surface area contributed by atoms with Crippen molar-refractivity contribution < 1.29 is 4.79 Å². The van der Waals surface area contributed by atoms with Crippen molar-refractivity contribution in [2.24, 2.45) is 7.05 Å². The van der Waals surface area contributed by atoms with Crippen molar-refractivity contribution in [2.75, 3.05) is 12.3 Å². The molecule has 0 aliphatic heterocycles. The minimum Gasteiger partial charge on any atom is -0.354 e. The molecular formula is C16H17N7O2S. The molecule has 0 aliphatic rings. The summed E-state index contributed by atoms with van der Waals surface area (Å²) in [5, 5.41) is 14.3. The van der Waals surface area contributed by atoms with Gasteiger partial charge in [0.2, 0.25) is 11.1 Å². The van der Waals surface area contributed by atoms with E-state index in [9.17, 15) is 9.59 Å². The fraction of sp³-hybridized carbons (Fsp3) is 0.250. The molecule has 2 aromatic heterocycles. The maximum absolute atomic E-state index is 12.2. The Bertz CT molecular complexity index is 939. The predicted molar refractivity (Wildman–Crippen MR) is 96.5 cm³/mol. The van der Waals surface area contributed by atoms with Crippen LogP contribution >= 0.6 is 11.8 Å². The molecule has 0 fully saturated rings. The Morgan fingerprint density at radius 2 is 2.08 bits per heavy atom. The van der Waals surface area contributed by atoms with Crippen LogP contribution in [-0.2, 0) is 18.4 Å². The first-order chi connectivity index (χ1) is 12.6. The van der Waals surface area contributed by atoms with Crippen LogP contribution in [0.2, 0.25) is 0 Å². The van der Waals surface area contributed by atoms with Crippen molar-refractivity contribution in [1.82, 2.24) is 35.1 Å². The van der Waals surface area contributed by atoms with Gasteiger partial charge in [-0.25, -0.2) is 9.67 Å². The third-order valence-electron chi connectivity index (χ3n) is 3.54. The number of tetrazole rings is 1. The molecule has 0 spiro atoms. The van der Waals surface area contributed by atoms with E-state index in [-0.39, 0.29) is 17.2 Å². The zero-order chi connectivity index (χ0) is 18.4. The van der Waals surface area contributed by atoms with E-state index in [2.05, 4.69) is 25.8 Å². The SMILES string of the molecule is Cn1nnnc1SCC(=O)NCCn1cnc(-c2ccccc2)cc1=O. The number of aromatic nitrogens is 6. The third-order valence-corrected chi connectivity index (χ3v) is 4.55. The van der Waals surface area contributed by atoms with E-state index in [0.29, 0.717) is 23.9 Å². The second kappa shape index (κ2) is 8.39. The highest BCUT2D eigenvalue weighted by atomic mass is 32.2. The Morgan fingerprint density at radius 1 is 1.27 bits per heavy atom. The van der Waals surface area contributed by atoms with E-state index in [1.165, 1.54) is 33.4 Å². The number of hydrogen-bond donors (Lipinski definition) is 1. The first kappa shape index (κ1) is 17.8. The van der Waals surface area contributed by atoms with Crippen molar-refractivity contribution >= 4 is 17.7 Å². The zero-order valence-corrected chi connectivity index (χ0v) is 14.9. The average molecular weight is 371 g/mol. The summed E-state index contributed by atoms with van der Waals surface area (Å²) in [6.45, 7) is 0.686. The van der Waals surface area contributed by atoms with E-state index < -0.39 is 0 Å². The number of amides is 1. The van der Waals surface area contributed by atoms with Gasteiger partial charge >= 0.3 is 0 Å². The van der Waals surface area contributed by atoms with Crippen LogP contribution in [0.5, 0.6) is 0 Å². The molecule has 0 unspecified atom stereocenters. The van der Waals surface area contributed by atoms with Crippen molar-refractivity contribution in [3.05, 3.63) is 53.1 Å². The van der Waals surface area contributed by atoms with Crippen LogP contribution in [0.15, 0.2) is 52.7 Å². The van der Waals surface area contributed by atoms with Crippen molar-refractivity contribution in [3.8, 4) is 11.3 Å². The summed E-state index contributed by atoms with van der Waals surface area (Å²) in [5.41, 5.74) is 1.36. The van der Waals surface area contributed by atoms with Crippen LogP contribution < -0.4 is 10.9 Å². The summed E-state index contributed by atoms with van der Waals surface area (Å²) in [5.74, 6) is 0.0498. The quantitative estimate of drug-likeness (QED) is 0.597. The molecule has 1 amide bonds. The molecule has 9 nitrogen and oxygen atoms in total. The summed E-state index contributed by atoms with van der Waals surface area (Å²) in [6, 6.07) is 11.0. The molecule has 0 aliphatic carbocycles. The number of rotatable bonds is 7. The first-order valence-electron chi connectivity index (χ1n) is 7.87. The van der Waals surface area contributed by atoms with Gasteiger partial charge in [-0.05, 0) is 10.4 Å². The Labute approximate surface area is 153 Å². The fourth-order valence-electron chi connectivity index (χ4n) is 2.20. The van der Waals surface area contributed by atoms with Gasteiger partial charge in [0.15, 0.2) is 0 Å². The number of nitrogens with one attached hydrogen (secondary N) is 1. The Hall–Kier alpha value is -3.01. The molecule has 2 heterocycles. The van der Waals surface area contributed by atoms with Crippen LogP contribution in [0.1, 0.15) is 0 Å². The number of carbonyl (C=O) groups excluding carboxylic acids is 1. The lowest BCUT2D eigenvalue weighted by atomic mass is 10.1. The van der Waals surface area contributed by atoms with Crippen LogP contribution in [0, 0.1) is 0 Å². The standard InChI is InChI=1S/C16H17N7O2S/c1-22-16(19-20-21-22)26-10-14(24)17-7-8-23-11-18-13(9-15(23)25)12-5-3-2-4-6-12/h2-6,9,11H,7-8,10H2,1H3,(H,17,24). The van der Waals surface area contributed by atoms with Gasteiger partial charge in [0, 0.05) is 31.8 Å². The van der Waals surface area contributed by atoms with Gasteiger partial charge < -0.3 is 5.32 Å². The van der Waals surface area contributed by atoms with Gasteiger partial charge in [-0.15, -0.1) is 5.10 Å². The number of nitrogens with zero attached hydrogens (tertiary/aromatic N) is 6. The summed E-state index contributed by atoms with van der Waals surface area (Å²) >= 11 is 1.24. The predicted octanol–water partition coefficient (Wildman–Crippen LogP) is 0.342. The van der Waals surface area contributed by atoms with Crippen molar-refractivity contribution in [3.63, 3.8) is 0 Å². The molecule has 0 radical (unpaired) electrons. The van der Waals surface area contributed by atoms with Gasteiger partial charge in [0.05, 0.1) is 17.8 Å². The largest absolute Gasteiger partial charge is 0.354 e. The summed E-state index contributed by atoms with van der Waals surface area (Å²) in [4.78, 5) is 28.3. The van der Waals surface area contributed by atoms with Crippen LogP contribution in [0.25, 0.3) is 11.3 Å². The van der Waals surface area contributed by atoms with Gasteiger partial charge in [-0.1, -0.05) is 42.1 Å². The smallest absolute Gasteiger partial charge is 0.253 e. The molecule has 0 saturated carbocycles. The minimum absolute atomic E-state index is 0.153. The second-order valence-electron chi connectivity index (χ2n) is 5.40. The Kier molecular flexibility index (Phi) is 5.74. The van der Waals surface area contributed by atoms with E-state index >= 15 is 0 Å². The fourth-order valence-corrected chi connectivity index (χ4v) is 2.88. The molecular weight excluding hydrogens is 354 g/mol. The van der Waals surface area contributed by atoms with E-state index in [4.69, 9.17) is 0 Å². The highest BCUT2D eigenvalue weighted by Gasteiger charge is 2.08. The van der Waals surface area contributed by atoms with Gasteiger partial charge in [0.25, 0.3) is 5.56 Å². The van der Waals surface area contributed by atoms with E-state index in [1.807, 2.05) is 30.3 Å². The van der Waals surface area contributed by atoms with Crippen molar-refractivity contribution in [2.45, 2.75) is 11.7 Å². The lowest BCUT2D eigenvalue weighted by Gasteiger charge is -2.08.